The van der Waals surface area contributed by atoms with Crippen molar-refractivity contribution in [3.05, 3.63) is 134 Å². The Hall–Kier alpha value is -4.57. The van der Waals surface area contributed by atoms with E-state index in [1.54, 1.807) is 0 Å². The average molecular weight is 1440 g/mol. The number of allylic oxidation sites excluding steroid dienone is 22. The molecule has 9 heteroatoms. The molecule has 0 aromatic carbocycles. The summed E-state index contributed by atoms with van der Waals surface area (Å²) >= 11 is 0. The molecule has 0 aromatic rings. The Morgan fingerprint density at radius 3 is 0.777 bits per heavy atom. The summed E-state index contributed by atoms with van der Waals surface area (Å²) in [6.45, 7) is 4.69. The van der Waals surface area contributed by atoms with Crippen LogP contribution < -0.4 is 0 Å². The second-order valence-electron chi connectivity index (χ2n) is 30.1. The highest BCUT2D eigenvalue weighted by atomic mass is 16.7. The highest BCUT2D eigenvalue weighted by molar-refractivity contribution is 5.71. The number of carbonyl (C=O) groups excluding carboxylic acids is 2. The molecule has 0 aliphatic carbocycles. The van der Waals surface area contributed by atoms with Gasteiger partial charge in [-0.05, 0) is 109 Å². The van der Waals surface area contributed by atoms with E-state index in [-0.39, 0.29) is 32.2 Å². The third kappa shape index (κ3) is 84.6. The summed E-state index contributed by atoms with van der Waals surface area (Å²) in [5, 5.41) is 9.79. The van der Waals surface area contributed by atoms with E-state index in [0.29, 0.717) is 17.4 Å². The van der Waals surface area contributed by atoms with Gasteiger partial charge in [0.05, 0.1) is 34.4 Å². The lowest BCUT2D eigenvalue weighted by molar-refractivity contribution is -0.870. The van der Waals surface area contributed by atoms with Crippen LogP contribution in [0.1, 0.15) is 386 Å². The third-order valence-corrected chi connectivity index (χ3v) is 18.9. The van der Waals surface area contributed by atoms with E-state index in [4.69, 9.17) is 18.9 Å². The molecule has 0 aliphatic heterocycles. The predicted octanol–water partition coefficient (Wildman–Crippen LogP) is 28.4. The molecule has 0 spiro atoms. The zero-order valence-electron chi connectivity index (χ0n) is 67.9. The van der Waals surface area contributed by atoms with Crippen LogP contribution in [0.2, 0.25) is 0 Å². The Kier molecular flexibility index (Phi) is 79.4. The lowest BCUT2D eigenvalue weighted by atomic mass is 10.0. The van der Waals surface area contributed by atoms with E-state index in [9.17, 15) is 19.5 Å². The van der Waals surface area contributed by atoms with Gasteiger partial charge < -0.3 is 28.5 Å². The summed E-state index contributed by atoms with van der Waals surface area (Å²) in [4.78, 5) is 37.8. The summed E-state index contributed by atoms with van der Waals surface area (Å²) in [5.74, 6) is -1.99. The number of hydrogen-bond acceptors (Lipinski definition) is 7. The number of nitrogens with zero attached hydrogens (tertiary/aromatic N) is 1. The van der Waals surface area contributed by atoms with Crippen molar-refractivity contribution >= 4 is 17.9 Å². The van der Waals surface area contributed by atoms with Crippen molar-refractivity contribution in [1.29, 1.82) is 0 Å². The summed E-state index contributed by atoms with van der Waals surface area (Å²) in [7, 11) is 5.99. The number of likely N-dealkylation sites (N-methyl/N-ethyl adjacent to an activating group) is 1. The second-order valence-corrected chi connectivity index (χ2v) is 30.1. The Morgan fingerprint density at radius 1 is 0.291 bits per heavy atom. The molecule has 0 aliphatic rings. The van der Waals surface area contributed by atoms with Crippen molar-refractivity contribution in [3.63, 3.8) is 0 Å². The van der Waals surface area contributed by atoms with E-state index < -0.39 is 24.3 Å². The molecule has 0 saturated heterocycles. The highest BCUT2D eigenvalue weighted by Crippen LogP contribution is 2.20. The maximum atomic E-state index is 13.0. The topological polar surface area (TPSA) is 108 Å². The fraction of sp³-hybridized carbons (Fsp3) is 0.734. The average Bonchev–Trinajstić information content (AvgIpc) is 1.16. The van der Waals surface area contributed by atoms with Gasteiger partial charge in [0, 0.05) is 12.8 Å². The quantitative estimate of drug-likeness (QED) is 0.0211. The first kappa shape index (κ1) is 98.4. The van der Waals surface area contributed by atoms with Crippen LogP contribution in [-0.4, -0.2) is 87.4 Å². The predicted molar refractivity (Wildman–Crippen MR) is 447 cm³/mol. The van der Waals surface area contributed by atoms with E-state index >= 15 is 0 Å². The van der Waals surface area contributed by atoms with Crippen molar-refractivity contribution in [1.82, 2.24) is 0 Å². The number of hydrogen-bond donors (Lipinski definition) is 1. The van der Waals surface area contributed by atoms with E-state index in [2.05, 4.69) is 148 Å². The van der Waals surface area contributed by atoms with E-state index in [1.165, 1.54) is 250 Å². The molecule has 0 heterocycles. The van der Waals surface area contributed by atoms with Crippen LogP contribution in [0.4, 0.5) is 0 Å². The number of carbonyl (C=O) groups is 3. The van der Waals surface area contributed by atoms with E-state index in [0.717, 1.165) is 109 Å². The molecule has 103 heavy (non-hydrogen) atoms. The first-order valence-electron chi connectivity index (χ1n) is 43.3. The van der Waals surface area contributed by atoms with Gasteiger partial charge in [-0.3, -0.25) is 9.59 Å². The fourth-order valence-corrected chi connectivity index (χ4v) is 12.4. The van der Waals surface area contributed by atoms with Gasteiger partial charge in [0.25, 0.3) is 6.29 Å². The molecule has 1 N–H and O–H groups in total. The molecule has 0 aromatic heterocycles. The minimum atomic E-state index is -1.52. The van der Waals surface area contributed by atoms with Crippen LogP contribution in [0, 0.1) is 0 Å². The Bertz CT molecular complexity index is 2170. The molecular weight excluding hydrogens is 1270 g/mol. The van der Waals surface area contributed by atoms with Gasteiger partial charge in [0.15, 0.2) is 6.10 Å². The number of aliphatic carboxylic acids is 1. The summed E-state index contributed by atoms with van der Waals surface area (Å²) < 4.78 is 23.1. The van der Waals surface area contributed by atoms with Crippen molar-refractivity contribution in [2.24, 2.45) is 0 Å². The van der Waals surface area contributed by atoms with Crippen molar-refractivity contribution < 1.29 is 42.9 Å². The maximum absolute atomic E-state index is 13.0. The molecule has 0 saturated carbocycles. The molecule has 0 radical (unpaired) electrons. The molecule has 592 valence electrons. The van der Waals surface area contributed by atoms with Gasteiger partial charge in [0.2, 0.25) is 0 Å². The van der Waals surface area contributed by atoms with Crippen LogP contribution in [0.15, 0.2) is 134 Å². The zero-order chi connectivity index (χ0) is 74.6. The highest BCUT2D eigenvalue weighted by Gasteiger charge is 2.25. The normalized spacial score (nSPS) is 13.3. The molecule has 0 amide bonds. The van der Waals surface area contributed by atoms with Gasteiger partial charge in [-0.25, -0.2) is 4.79 Å². The van der Waals surface area contributed by atoms with Crippen LogP contribution in [0.25, 0.3) is 0 Å². The first-order valence-corrected chi connectivity index (χ1v) is 43.3. The van der Waals surface area contributed by atoms with Gasteiger partial charge in [0.1, 0.15) is 13.2 Å². The smallest absolute Gasteiger partial charge is 0.361 e. The number of rotatable bonds is 80. The van der Waals surface area contributed by atoms with Crippen LogP contribution in [0.3, 0.4) is 0 Å². The molecule has 0 fully saturated rings. The fourth-order valence-electron chi connectivity index (χ4n) is 12.4. The SMILES string of the molecule is CC/C=C\C/C=C\C/C=C\C/C=C\C/C=C\C/C=C\C/C=C\CCCCCCCCCCCCCCCCCC(=O)OC(COC(=O)CCCCCCCCCCCCCCCCCCCCCCCCCCCCCC/C=C\C/C=C\C/C=C\C/C=C\CC)COC(OCC[N+](C)(C)C)C(=O)O. The standard InChI is InChI=1S/C94H163NO8/c1-6-8-10-12-14-16-18-20-22-24-26-28-30-32-34-36-38-40-42-44-45-46-47-49-50-52-54-56-58-60-62-64-66-68-70-72-74-76-78-80-82-84-91(96)101-88-90(89-102-94(93(98)99)100-87-86-95(3,4)5)103-92(97)85-83-81-79-77-75-73-71-69-67-65-63-61-59-57-55-53-51-48-43-41-39-37-35-33-31-29-27-25-23-21-19-17-15-13-11-9-7-2/h8-11,14-17,20-23,26-29,33,35,39,41,48,51,90,94H,6-7,12-13,18-19,24-25,30-32,34,36-38,40,42-47,49-50,52-89H2,1-5H3/p+1/b10-8-,11-9-,16-14-,17-15-,22-20-,23-21-,28-26-,29-27-,35-33-,41-39-,51-48-. The minimum absolute atomic E-state index is 0.182. The van der Waals surface area contributed by atoms with Crippen molar-refractivity contribution in [2.45, 2.75) is 399 Å². The largest absolute Gasteiger partial charge is 0.477 e. The number of unbranched alkanes of at least 4 members (excludes halogenated alkanes) is 43. The lowest BCUT2D eigenvalue weighted by Gasteiger charge is -2.25. The van der Waals surface area contributed by atoms with Gasteiger partial charge in [-0.2, -0.15) is 0 Å². The van der Waals surface area contributed by atoms with E-state index in [1.807, 2.05) is 21.1 Å². The number of quaternary nitrogens is 1. The van der Waals surface area contributed by atoms with Crippen molar-refractivity contribution in [2.75, 3.05) is 47.5 Å². The minimum Gasteiger partial charge on any atom is -0.477 e. The molecular formula is C94H164NO8+. The Balaban J connectivity index is 3.96. The monoisotopic (exact) mass is 1440 g/mol. The van der Waals surface area contributed by atoms with Gasteiger partial charge in [-0.15, -0.1) is 0 Å². The van der Waals surface area contributed by atoms with Gasteiger partial charge in [-0.1, -0.05) is 398 Å². The summed E-state index contributed by atoms with van der Waals surface area (Å²) in [6.07, 6.45) is 118. The molecule has 9 nitrogen and oxygen atoms in total. The molecule has 0 bridgehead atoms. The first-order chi connectivity index (χ1) is 50.6. The lowest BCUT2D eigenvalue weighted by Crippen LogP contribution is -2.40. The van der Waals surface area contributed by atoms with Gasteiger partial charge >= 0.3 is 17.9 Å². The molecule has 0 rings (SSSR count). The maximum Gasteiger partial charge on any atom is 0.361 e. The molecule has 2 atom stereocenters. The zero-order valence-corrected chi connectivity index (χ0v) is 67.9. The number of carboxylic acids is 1. The third-order valence-electron chi connectivity index (χ3n) is 18.9. The number of carboxylic acid groups (broad SMARTS) is 1. The Labute approximate surface area is 637 Å². The van der Waals surface area contributed by atoms with Crippen molar-refractivity contribution in [3.8, 4) is 0 Å². The Morgan fingerprint density at radius 2 is 0.524 bits per heavy atom. The summed E-state index contributed by atoms with van der Waals surface area (Å²) in [5.41, 5.74) is 0. The number of esters is 2. The molecule has 2 unspecified atom stereocenters. The number of ether oxygens (including phenoxy) is 4. The van der Waals surface area contributed by atoms with Crippen LogP contribution >= 0.6 is 0 Å². The van der Waals surface area contributed by atoms with Crippen LogP contribution in [-0.2, 0) is 33.3 Å². The summed E-state index contributed by atoms with van der Waals surface area (Å²) in [6, 6.07) is 0. The van der Waals surface area contributed by atoms with Crippen LogP contribution in [0.5, 0.6) is 0 Å². The second kappa shape index (κ2) is 83.1.